The van der Waals surface area contributed by atoms with Gasteiger partial charge in [0.15, 0.2) is 0 Å². The van der Waals surface area contributed by atoms with Gasteiger partial charge >= 0.3 is 0 Å². The minimum atomic E-state index is 0.594. The number of ether oxygens (including phenoxy) is 1. The molecule has 112 valence electrons. The Labute approximate surface area is 127 Å². The van der Waals surface area contributed by atoms with Crippen molar-refractivity contribution >= 4 is 0 Å². The van der Waals surface area contributed by atoms with Gasteiger partial charge in [0, 0.05) is 0 Å². The number of aryl methyl sites for hydroxylation is 1. The van der Waals surface area contributed by atoms with Gasteiger partial charge in [0.25, 0.3) is 0 Å². The van der Waals surface area contributed by atoms with Crippen LogP contribution in [-0.4, -0.2) is 6.54 Å². The Balaban J connectivity index is 2.11. The molecule has 0 aliphatic carbocycles. The fourth-order valence-corrected chi connectivity index (χ4v) is 2.38. The van der Waals surface area contributed by atoms with Crippen LogP contribution < -0.4 is 10.5 Å². The van der Waals surface area contributed by atoms with Crippen LogP contribution in [0.5, 0.6) is 11.5 Å². The third kappa shape index (κ3) is 4.08. The van der Waals surface area contributed by atoms with Crippen LogP contribution in [0.1, 0.15) is 42.9 Å². The summed E-state index contributed by atoms with van der Waals surface area (Å²) in [6, 6.07) is 14.7. The largest absolute Gasteiger partial charge is 0.457 e. The molecule has 0 aliphatic heterocycles. The van der Waals surface area contributed by atoms with Gasteiger partial charge in [0.1, 0.15) is 11.5 Å². The standard InChI is InChI=1S/C19H25NO/c1-4-14(2)17-6-8-18(9-7-17)21-19-10-5-16(11-12-20)13-15(19)3/h5-10,13-14H,4,11-12,20H2,1-3H3. The molecule has 1 atom stereocenters. The van der Waals surface area contributed by atoms with Crippen molar-refractivity contribution in [2.45, 2.75) is 39.5 Å². The van der Waals surface area contributed by atoms with Gasteiger partial charge < -0.3 is 10.5 Å². The molecule has 0 aromatic heterocycles. The van der Waals surface area contributed by atoms with E-state index in [1.54, 1.807) is 0 Å². The topological polar surface area (TPSA) is 35.2 Å². The highest BCUT2D eigenvalue weighted by atomic mass is 16.5. The van der Waals surface area contributed by atoms with Crippen molar-refractivity contribution in [1.82, 2.24) is 0 Å². The Morgan fingerprint density at radius 2 is 1.81 bits per heavy atom. The van der Waals surface area contributed by atoms with Crippen LogP contribution in [0.4, 0.5) is 0 Å². The quantitative estimate of drug-likeness (QED) is 0.826. The first-order chi connectivity index (χ1) is 10.1. The summed E-state index contributed by atoms with van der Waals surface area (Å²) < 4.78 is 5.98. The van der Waals surface area contributed by atoms with Gasteiger partial charge in [0.2, 0.25) is 0 Å². The molecule has 1 unspecified atom stereocenters. The maximum absolute atomic E-state index is 5.98. The Morgan fingerprint density at radius 3 is 2.38 bits per heavy atom. The maximum Gasteiger partial charge on any atom is 0.130 e. The van der Waals surface area contributed by atoms with E-state index in [1.807, 2.05) is 6.07 Å². The normalized spacial score (nSPS) is 12.2. The summed E-state index contributed by atoms with van der Waals surface area (Å²) in [4.78, 5) is 0. The second-order valence-electron chi connectivity index (χ2n) is 5.62. The van der Waals surface area contributed by atoms with Gasteiger partial charge in [-0.05, 0) is 67.1 Å². The zero-order chi connectivity index (χ0) is 15.2. The molecule has 2 aromatic carbocycles. The Kier molecular flexibility index (Phi) is 5.40. The lowest BCUT2D eigenvalue weighted by molar-refractivity contribution is 0.478. The summed E-state index contributed by atoms with van der Waals surface area (Å²) in [5.41, 5.74) is 9.36. The molecule has 2 heteroatoms. The van der Waals surface area contributed by atoms with Crippen molar-refractivity contribution in [2.24, 2.45) is 5.73 Å². The van der Waals surface area contributed by atoms with E-state index in [-0.39, 0.29) is 0 Å². The zero-order valence-electron chi connectivity index (χ0n) is 13.2. The minimum Gasteiger partial charge on any atom is -0.457 e. The van der Waals surface area contributed by atoms with Crippen molar-refractivity contribution in [3.05, 3.63) is 59.2 Å². The summed E-state index contributed by atoms with van der Waals surface area (Å²) in [5, 5.41) is 0. The second-order valence-corrected chi connectivity index (χ2v) is 5.62. The van der Waals surface area contributed by atoms with E-state index in [4.69, 9.17) is 10.5 Å². The van der Waals surface area contributed by atoms with Gasteiger partial charge in [0.05, 0.1) is 0 Å². The molecule has 0 aliphatic rings. The van der Waals surface area contributed by atoms with E-state index in [0.29, 0.717) is 12.5 Å². The third-order valence-corrected chi connectivity index (χ3v) is 3.96. The molecule has 0 radical (unpaired) electrons. The molecular formula is C19H25NO. The van der Waals surface area contributed by atoms with Crippen LogP contribution in [0.25, 0.3) is 0 Å². The molecule has 0 spiro atoms. The number of benzene rings is 2. The van der Waals surface area contributed by atoms with Gasteiger partial charge in [-0.25, -0.2) is 0 Å². The highest BCUT2D eigenvalue weighted by Gasteiger charge is 2.05. The monoisotopic (exact) mass is 283 g/mol. The highest BCUT2D eigenvalue weighted by Crippen LogP contribution is 2.28. The summed E-state index contributed by atoms with van der Waals surface area (Å²) >= 11 is 0. The molecule has 0 saturated heterocycles. The summed E-state index contributed by atoms with van der Waals surface area (Å²) in [7, 11) is 0. The number of rotatable bonds is 6. The van der Waals surface area contributed by atoms with E-state index in [1.165, 1.54) is 11.1 Å². The molecule has 2 nitrogen and oxygen atoms in total. The van der Waals surface area contributed by atoms with Gasteiger partial charge in [-0.15, -0.1) is 0 Å². The number of hydrogen-bond acceptors (Lipinski definition) is 2. The van der Waals surface area contributed by atoms with Crippen LogP contribution in [0.15, 0.2) is 42.5 Å². The van der Waals surface area contributed by atoms with Crippen LogP contribution >= 0.6 is 0 Å². The third-order valence-electron chi connectivity index (χ3n) is 3.96. The molecule has 0 saturated carbocycles. The van der Waals surface area contributed by atoms with E-state index < -0.39 is 0 Å². The second kappa shape index (κ2) is 7.28. The molecule has 21 heavy (non-hydrogen) atoms. The van der Waals surface area contributed by atoms with E-state index in [0.717, 1.165) is 29.9 Å². The molecule has 0 bridgehead atoms. The van der Waals surface area contributed by atoms with E-state index in [2.05, 4.69) is 57.2 Å². The molecule has 2 rings (SSSR count). The first-order valence-corrected chi connectivity index (χ1v) is 7.71. The van der Waals surface area contributed by atoms with Gasteiger partial charge in [-0.3, -0.25) is 0 Å². The van der Waals surface area contributed by atoms with Crippen molar-refractivity contribution < 1.29 is 4.74 Å². The fourth-order valence-electron chi connectivity index (χ4n) is 2.38. The predicted molar refractivity (Wildman–Crippen MR) is 89.2 cm³/mol. The van der Waals surface area contributed by atoms with Crippen molar-refractivity contribution in [3.8, 4) is 11.5 Å². The van der Waals surface area contributed by atoms with Gasteiger partial charge in [-0.2, -0.15) is 0 Å². The summed E-state index contributed by atoms with van der Waals surface area (Å²) in [5.74, 6) is 2.39. The van der Waals surface area contributed by atoms with E-state index in [9.17, 15) is 0 Å². The lowest BCUT2D eigenvalue weighted by Gasteiger charge is -2.12. The van der Waals surface area contributed by atoms with Crippen molar-refractivity contribution in [1.29, 1.82) is 0 Å². The Bertz CT molecular complexity index is 575. The molecule has 0 fully saturated rings. The van der Waals surface area contributed by atoms with Gasteiger partial charge in [-0.1, -0.05) is 38.1 Å². The summed E-state index contributed by atoms with van der Waals surface area (Å²) in [6.45, 7) is 7.21. The maximum atomic E-state index is 5.98. The molecular weight excluding hydrogens is 258 g/mol. The Morgan fingerprint density at radius 1 is 1.10 bits per heavy atom. The smallest absolute Gasteiger partial charge is 0.130 e. The lowest BCUT2D eigenvalue weighted by atomic mass is 9.99. The van der Waals surface area contributed by atoms with Crippen molar-refractivity contribution in [2.75, 3.05) is 6.54 Å². The summed E-state index contributed by atoms with van der Waals surface area (Å²) in [6.07, 6.45) is 2.06. The SMILES string of the molecule is CCC(C)c1ccc(Oc2ccc(CCN)cc2C)cc1. The van der Waals surface area contributed by atoms with E-state index >= 15 is 0 Å². The van der Waals surface area contributed by atoms with Crippen LogP contribution in [0.3, 0.4) is 0 Å². The first-order valence-electron chi connectivity index (χ1n) is 7.71. The van der Waals surface area contributed by atoms with Crippen LogP contribution in [0.2, 0.25) is 0 Å². The van der Waals surface area contributed by atoms with Crippen LogP contribution in [0, 0.1) is 6.92 Å². The number of hydrogen-bond donors (Lipinski definition) is 1. The molecule has 0 heterocycles. The fraction of sp³-hybridized carbons (Fsp3) is 0.368. The first kappa shape index (κ1) is 15.6. The van der Waals surface area contributed by atoms with Crippen molar-refractivity contribution in [3.63, 3.8) is 0 Å². The highest BCUT2D eigenvalue weighted by molar-refractivity contribution is 5.40. The molecule has 0 amide bonds. The molecule has 2 aromatic rings. The average molecular weight is 283 g/mol. The predicted octanol–water partition coefficient (Wildman–Crippen LogP) is 4.80. The zero-order valence-corrected chi connectivity index (χ0v) is 13.2. The minimum absolute atomic E-state index is 0.594. The van der Waals surface area contributed by atoms with Crippen LogP contribution in [-0.2, 0) is 6.42 Å². The average Bonchev–Trinajstić information content (AvgIpc) is 2.50. The number of nitrogens with two attached hydrogens (primary N) is 1. The lowest BCUT2D eigenvalue weighted by Crippen LogP contribution is -2.02. The molecule has 2 N–H and O–H groups in total. The Hall–Kier alpha value is -1.80.